The maximum atomic E-state index is 12.0. The van der Waals surface area contributed by atoms with Crippen LogP contribution in [0, 0.1) is 0 Å². The van der Waals surface area contributed by atoms with Gasteiger partial charge in [-0.15, -0.1) is 0 Å². The molecule has 0 spiro atoms. The number of nitrogens with one attached hydrogen (secondary N) is 1. The molecule has 3 nitrogen and oxygen atoms in total. The van der Waals surface area contributed by atoms with Gasteiger partial charge in [-0.2, -0.15) is 0 Å². The van der Waals surface area contributed by atoms with Crippen molar-refractivity contribution in [2.45, 2.75) is 38.0 Å². The van der Waals surface area contributed by atoms with Crippen LogP contribution in [-0.2, 0) is 9.84 Å². The molecule has 0 heterocycles. The second kappa shape index (κ2) is 6.90. The Balaban J connectivity index is 2.67. The molecule has 1 aromatic carbocycles. The first-order chi connectivity index (χ1) is 8.47. The van der Waals surface area contributed by atoms with Crippen molar-refractivity contribution >= 4 is 9.84 Å². The fourth-order valence-corrected chi connectivity index (χ4v) is 3.05. The Bertz CT molecular complexity index is 449. The van der Waals surface area contributed by atoms with Crippen LogP contribution in [0.4, 0.5) is 0 Å². The van der Waals surface area contributed by atoms with Crippen LogP contribution in [0.25, 0.3) is 0 Å². The molecule has 1 rings (SSSR count). The molecule has 0 atom stereocenters. The Morgan fingerprint density at radius 3 is 2.28 bits per heavy atom. The zero-order valence-corrected chi connectivity index (χ0v) is 12.3. The van der Waals surface area contributed by atoms with E-state index >= 15 is 0 Å². The van der Waals surface area contributed by atoms with E-state index in [2.05, 4.69) is 19.2 Å². The average Bonchev–Trinajstić information content (AvgIpc) is 2.35. The van der Waals surface area contributed by atoms with Crippen molar-refractivity contribution in [3.63, 3.8) is 0 Å². The molecule has 18 heavy (non-hydrogen) atoms. The largest absolute Gasteiger partial charge is 0.317 e. The van der Waals surface area contributed by atoms with Crippen molar-refractivity contribution in [1.29, 1.82) is 0 Å². The second-order valence-electron chi connectivity index (χ2n) is 4.75. The lowest BCUT2D eigenvalue weighted by atomic mass is 10.0. The summed E-state index contributed by atoms with van der Waals surface area (Å²) in [5.74, 6) is 0.636. The van der Waals surface area contributed by atoms with E-state index in [4.69, 9.17) is 0 Å². The molecule has 0 aromatic heterocycles. The molecule has 102 valence electrons. The van der Waals surface area contributed by atoms with E-state index in [1.807, 2.05) is 19.1 Å². The lowest BCUT2D eigenvalue weighted by Gasteiger charge is -2.08. The Kier molecular flexibility index (Phi) is 5.82. The monoisotopic (exact) mass is 269 g/mol. The molecular formula is C14H23NO2S. The van der Waals surface area contributed by atoms with Crippen LogP contribution in [0.5, 0.6) is 0 Å². The summed E-state index contributed by atoms with van der Waals surface area (Å²) in [5, 5.41) is 3.13. The lowest BCUT2D eigenvalue weighted by molar-refractivity contribution is 0.590. The number of rotatable bonds is 7. The molecule has 0 aliphatic heterocycles. The Hall–Kier alpha value is -0.870. The first-order valence-electron chi connectivity index (χ1n) is 6.51. The van der Waals surface area contributed by atoms with E-state index in [0.717, 1.165) is 13.1 Å². The van der Waals surface area contributed by atoms with Crippen LogP contribution in [0.2, 0.25) is 0 Å². The SMILES string of the molecule is CCNCCCS(=O)(=O)c1ccc(C(C)C)cc1. The minimum absolute atomic E-state index is 0.209. The highest BCUT2D eigenvalue weighted by Gasteiger charge is 2.13. The summed E-state index contributed by atoms with van der Waals surface area (Å²) in [4.78, 5) is 0.434. The van der Waals surface area contributed by atoms with Gasteiger partial charge in [-0.3, -0.25) is 0 Å². The smallest absolute Gasteiger partial charge is 0.178 e. The van der Waals surface area contributed by atoms with E-state index in [9.17, 15) is 8.42 Å². The zero-order chi connectivity index (χ0) is 13.6. The van der Waals surface area contributed by atoms with Gasteiger partial charge in [-0.05, 0) is 43.1 Å². The van der Waals surface area contributed by atoms with Gasteiger partial charge in [0.05, 0.1) is 10.6 Å². The van der Waals surface area contributed by atoms with Crippen LogP contribution in [0.15, 0.2) is 29.2 Å². The van der Waals surface area contributed by atoms with Crippen LogP contribution in [-0.4, -0.2) is 27.3 Å². The van der Waals surface area contributed by atoms with Crippen LogP contribution < -0.4 is 5.32 Å². The Morgan fingerprint density at radius 2 is 1.78 bits per heavy atom. The summed E-state index contributed by atoms with van der Waals surface area (Å²) in [6.45, 7) is 7.84. The molecule has 0 saturated carbocycles. The maximum Gasteiger partial charge on any atom is 0.178 e. The minimum Gasteiger partial charge on any atom is -0.317 e. The molecule has 0 saturated heterocycles. The van der Waals surface area contributed by atoms with Crippen molar-refractivity contribution in [2.24, 2.45) is 0 Å². The predicted molar refractivity (Wildman–Crippen MR) is 75.7 cm³/mol. The summed E-state index contributed by atoms with van der Waals surface area (Å²) in [6, 6.07) is 7.25. The van der Waals surface area contributed by atoms with E-state index in [1.165, 1.54) is 5.56 Å². The molecule has 0 aliphatic rings. The summed E-state index contributed by atoms with van der Waals surface area (Å²) in [5.41, 5.74) is 1.17. The summed E-state index contributed by atoms with van der Waals surface area (Å²) < 4.78 is 24.1. The topological polar surface area (TPSA) is 46.2 Å². The van der Waals surface area contributed by atoms with Gasteiger partial charge in [-0.1, -0.05) is 32.9 Å². The van der Waals surface area contributed by atoms with Gasteiger partial charge < -0.3 is 5.32 Å². The highest BCUT2D eigenvalue weighted by Crippen LogP contribution is 2.18. The van der Waals surface area contributed by atoms with Crippen molar-refractivity contribution in [3.05, 3.63) is 29.8 Å². The molecule has 0 aliphatic carbocycles. The minimum atomic E-state index is -3.12. The predicted octanol–water partition coefficient (Wildman–Crippen LogP) is 2.58. The van der Waals surface area contributed by atoms with Crippen LogP contribution >= 0.6 is 0 Å². The van der Waals surface area contributed by atoms with Gasteiger partial charge in [-0.25, -0.2) is 8.42 Å². The number of benzene rings is 1. The number of hydrogen-bond donors (Lipinski definition) is 1. The normalized spacial score (nSPS) is 12.0. The highest BCUT2D eigenvalue weighted by atomic mass is 32.2. The third-order valence-electron chi connectivity index (χ3n) is 2.92. The molecule has 0 bridgehead atoms. The van der Waals surface area contributed by atoms with E-state index in [1.54, 1.807) is 12.1 Å². The molecular weight excluding hydrogens is 246 g/mol. The van der Waals surface area contributed by atoms with Crippen molar-refractivity contribution in [1.82, 2.24) is 5.32 Å². The first kappa shape index (κ1) is 15.2. The number of sulfone groups is 1. The van der Waals surface area contributed by atoms with Crippen molar-refractivity contribution in [3.8, 4) is 0 Å². The summed E-state index contributed by atoms with van der Waals surface area (Å²) in [7, 11) is -3.12. The second-order valence-corrected chi connectivity index (χ2v) is 6.86. The standard InChI is InChI=1S/C14H23NO2S/c1-4-15-10-5-11-18(16,17)14-8-6-13(7-9-14)12(2)3/h6-9,12,15H,4-5,10-11H2,1-3H3. The van der Waals surface area contributed by atoms with E-state index < -0.39 is 9.84 Å². The van der Waals surface area contributed by atoms with Gasteiger partial charge in [0, 0.05) is 0 Å². The summed E-state index contributed by atoms with van der Waals surface area (Å²) >= 11 is 0. The van der Waals surface area contributed by atoms with Crippen LogP contribution in [0.1, 0.15) is 38.7 Å². The fraction of sp³-hybridized carbons (Fsp3) is 0.571. The molecule has 1 N–H and O–H groups in total. The summed E-state index contributed by atoms with van der Waals surface area (Å²) in [6.07, 6.45) is 0.655. The molecule has 0 amide bonds. The molecule has 1 aromatic rings. The number of hydrogen-bond acceptors (Lipinski definition) is 3. The van der Waals surface area contributed by atoms with Gasteiger partial charge in [0.2, 0.25) is 0 Å². The molecule has 0 unspecified atom stereocenters. The zero-order valence-electron chi connectivity index (χ0n) is 11.4. The van der Waals surface area contributed by atoms with Gasteiger partial charge in [0.25, 0.3) is 0 Å². The van der Waals surface area contributed by atoms with Crippen molar-refractivity contribution < 1.29 is 8.42 Å². The maximum absolute atomic E-state index is 12.0. The highest BCUT2D eigenvalue weighted by molar-refractivity contribution is 7.91. The van der Waals surface area contributed by atoms with E-state index in [0.29, 0.717) is 17.2 Å². The molecule has 0 fully saturated rings. The third kappa shape index (κ3) is 4.42. The quantitative estimate of drug-likeness (QED) is 0.774. The van der Waals surface area contributed by atoms with Gasteiger partial charge >= 0.3 is 0 Å². The fourth-order valence-electron chi connectivity index (χ4n) is 1.74. The van der Waals surface area contributed by atoms with Crippen LogP contribution in [0.3, 0.4) is 0 Å². The lowest BCUT2D eigenvalue weighted by Crippen LogP contribution is -2.18. The Labute approximate surface area is 111 Å². The molecule has 0 radical (unpaired) electrons. The third-order valence-corrected chi connectivity index (χ3v) is 4.74. The first-order valence-corrected chi connectivity index (χ1v) is 8.16. The van der Waals surface area contributed by atoms with Gasteiger partial charge in [0.15, 0.2) is 9.84 Å². The van der Waals surface area contributed by atoms with E-state index in [-0.39, 0.29) is 5.75 Å². The molecule has 4 heteroatoms. The Morgan fingerprint density at radius 1 is 1.17 bits per heavy atom. The average molecular weight is 269 g/mol. The van der Waals surface area contributed by atoms with Gasteiger partial charge in [0.1, 0.15) is 0 Å². The van der Waals surface area contributed by atoms with Crippen molar-refractivity contribution in [2.75, 3.05) is 18.8 Å².